The maximum atomic E-state index is 12.2. The molecule has 2 aromatic rings. The van der Waals surface area contributed by atoms with Crippen LogP contribution in [0.3, 0.4) is 0 Å². The fourth-order valence-electron chi connectivity index (χ4n) is 2.41. The highest BCUT2D eigenvalue weighted by Crippen LogP contribution is 2.23. The van der Waals surface area contributed by atoms with Crippen molar-refractivity contribution in [2.75, 3.05) is 18.9 Å². The van der Waals surface area contributed by atoms with Gasteiger partial charge in [0.15, 0.2) is 5.13 Å². The minimum Gasteiger partial charge on any atom is -0.365 e. The predicted molar refractivity (Wildman–Crippen MR) is 106 cm³/mol. The molecule has 3 N–H and O–H groups in total. The minimum atomic E-state index is -0.477. The summed E-state index contributed by atoms with van der Waals surface area (Å²) in [6.07, 6.45) is 0.706. The van der Waals surface area contributed by atoms with E-state index in [1.807, 2.05) is 51.4 Å². The van der Waals surface area contributed by atoms with Gasteiger partial charge in [-0.2, -0.15) is 0 Å². The van der Waals surface area contributed by atoms with E-state index >= 15 is 0 Å². The molecule has 5 nitrogen and oxygen atoms in total. The molecule has 0 aliphatic rings. The Morgan fingerprint density at radius 2 is 2.12 bits per heavy atom. The van der Waals surface area contributed by atoms with Gasteiger partial charge in [-0.25, -0.2) is 9.78 Å². The molecular formula is C19H26N4OS. The molecule has 0 saturated carbocycles. The van der Waals surface area contributed by atoms with Crippen molar-refractivity contribution in [2.45, 2.75) is 32.7 Å². The largest absolute Gasteiger partial charge is 0.365 e. The first-order valence-electron chi connectivity index (χ1n) is 8.26. The van der Waals surface area contributed by atoms with E-state index in [-0.39, 0.29) is 6.03 Å². The van der Waals surface area contributed by atoms with Gasteiger partial charge in [-0.3, -0.25) is 0 Å². The van der Waals surface area contributed by atoms with Crippen molar-refractivity contribution in [2.24, 2.45) is 0 Å². The van der Waals surface area contributed by atoms with E-state index in [1.165, 1.54) is 0 Å². The molecule has 0 spiro atoms. The van der Waals surface area contributed by atoms with Crippen LogP contribution < -0.4 is 16.0 Å². The lowest BCUT2D eigenvalue weighted by Gasteiger charge is -2.27. The van der Waals surface area contributed by atoms with E-state index in [1.54, 1.807) is 11.3 Å². The van der Waals surface area contributed by atoms with E-state index in [4.69, 9.17) is 0 Å². The second-order valence-corrected chi connectivity index (χ2v) is 7.37. The first-order valence-corrected chi connectivity index (χ1v) is 9.14. The number of carbonyl (C=O) groups is 1. The van der Waals surface area contributed by atoms with E-state index < -0.39 is 5.54 Å². The maximum absolute atomic E-state index is 12.2. The number of amides is 2. The molecule has 0 saturated heterocycles. The molecule has 1 aromatic heterocycles. The zero-order valence-electron chi connectivity index (χ0n) is 15.3. The van der Waals surface area contributed by atoms with Crippen LogP contribution in [-0.4, -0.2) is 24.6 Å². The van der Waals surface area contributed by atoms with Crippen LogP contribution >= 0.6 is 11.3 Å². The third-order valence-corrected chi connectivity index (χ3v) is 4.84. The molecule has 0 aliphatic heterocycles. The highest BCUT2D eigenvalue weighted by Gasteiger charge is 2.23. The first-order chi connectivity index (χ1) is 11.8. The van der Waals surface area contributed by atoms with Gasteiger partial charge in [-0.05, 0) is 38.0 Å². The lowest BCUT2D eigenvalue weighted by molar-refractivity contribution is 0.230. The molecule has 134 valence electrons. The van der Waals surface area contributed by atoms with Crippen LogP contribution in [0.25, 0.3) is 5.57 Å². The molecule has 2 amide bonds. The maximum Gasteiger partial charge on any atom is 0.315 e. The second-order valence-electron chi connectivity index (χ2n) is 6.51. The summed E-state index contributed by atoms with van der Waals surface area (Å²) in [4.78, 5) is 16.6. The number of urea groups is 1. The quantitative estimate of drug-likeness (QED) is 0.701. The number of carbonyl (C=O) groups excluding carboxylic acids is 1. The van der Waals surface area contributed by atoms with Crippen molar-refractivity contribution in [1.82, 2.24) is 15.6 Å². The molecule has 0 atom stereocenters. The topological polar surface area (TPSA) is 66.1 Å². The van der Waals surface area contributed by atoms with Gasteiger partial charge in [0.25, 0.3) is 0 Å². The molecule has 0 aliphatic carbocycles. The monoisotopic (exact) mass is 358 g/mol. The number of hydrogen-bond acceptors (Lipinski definition) is 4. The van der Waals surface area contributed by atoms with Crippen LogP contribution in [0.5, 0.6) is 0 Å². The molecule has 1 aromatic carbocycles. The van der Waals surface area contributed by atoms with Crippen molar-refractivity contribution in [3.05, 3.63) is 53.0 Å². The average Bonchev–Trinajstić information content (AvgIpc) is 3.02. The number of benzene rings is 1. The van der Waals surface area contributed by atoms with Crippen molar-refractivity contribution >= 4 is 28.1 Å². The Kier molecular flexibility index (Phi) is 6.20. The number of nitrogens with one attached hydrogen (secondary N) is 3. The highest BCUT2D eigenvalue weighted by molar-refractivity contribution is 7.13. The van der Waals surface area contributed by atoms with Crippen LogP contribution in [0, 0.1) is 0 Å². The summed E-state index contributed by atoms with van der Waals surface area (Å²) in [5.41, 5.74) is 3.63. The molecule has 0 unspecified atom stereocenters. The first kappa shape index (κ1) is 19.0. The summed E-state index contributed by atoms with van der Waals surface area (Å²) in [5.74, 6) is 0. The normalized spacial score (nSPS) is 11.0. The lowest BCUT2D eigenvalue weighted by atomic mass is 9.92. The van der Waals surface area contributed by atoms with Crippen LogP contribution in [0.4, 0.5) is 9.93 Å². The average molecular weight is 359 g/mol. The van der Waals surface area contributed by atoms with Gasteiger partial charge in [0.05, 0.1) is 11.2 Å². The van der Waals surface area contributed by atoms with Crippen molar-refractivity contribution in [3.63, 3.8) is 0 Å². The highest BCUT2D eigenvalue weighted by atomic mass is 32.1. The summed E-state index contributed by atoms with van der Waals surface area (Å²) >= 11 is 1.56. The number of nitrogens with zero attached hydrogens (tertiary/aromatic N) is 1. The van der Waals surface area contributed by atoms with E-state index in [0.29, 0.717) is 13.0 Å². The number of rotatable bonds is 7. The zero-order valence-corrected chi connectivity index (χ0v) is 16.1. The van der Waals surface area contributed by atoms with Crippen molar-refractivity contribution < 1.29 is 4.79 Å². The number of allylic oxidation sites excluding steroid dienone is 1. The minimum absolute atomic E-state index is 0.185. The SMILES string of the molecule is C=C(C)c1cccc(C(C)(C)NC(=O)NCCc2csc(NC)n2)c1. The van der Waals surface area contributed by atoms with Crippen molar-refractivity contribution in [1.29, 1.82) is 0 Å². The van der Waals surface area contributed by atoms with E-state index in [2.05, 4.69) is 33.6 Å². The fraction of sp³-hybridized carbons (Fsp3) is 0.368. The van der Waals surface area contributed by atoms with Crippen LogP contribution in [0.2, 0.25) is 0 Å². The summed E-state index contributed by atoms with van der Waals surface area (Å²) in [6, 6.07) is 7.91. The Bertz CT molecular complexity index is 751. The van der Waals surface area contributed by atoms with Gasteiger partial charge in [0, 0.05) is 25.4 Å². The molecule has 0 radical (unpaired) electrons. The summed E-state index contributed by atoms with van der Waals surface area (Å²) in [7, 11) is 1.85. The van der Waals surface area contributed by atoms with Crippen LogP contribution in [0.1, 0.15) is 37.6 Å². The van der Waals surface area contributed by atoms with Gasteiger partial charge in [0.2, 0.25) is 0 Å². The van der Waals surface area contributed by atoms with Gasteiger partial charge in [0.1, 0.15) is 0 Å². The second kappa shape index (κ2) is 8.16. The number of anilines is 1. The summed E-state index contributed by atoms with van der Waals surface area (Å²) < 4.78 is 0. The molecule has 2 rings (SSSR count). The number of aromatic nitrogens is 1. The van der Waals surface area contributed by atoms with Crippen LogP contribution in [-0.2, 0) is 12.0 Å². The Balaban J connectivity index is 1.89. The Labute approximate surface area is 153 Å². The predicted octanol–water partition coefficient (Wildman–Crippen LogP) is 3.99. The standard InChI is InChI=1S/C19H26N4OS/c1-13(2)14-7-6-8-15(11-14)19(3,4)23-17(24)21-10-9-16-12-25-18(20-5)22-16/h6-8,11-12H,1,9-10H2,2-5H3,(H,20,22)(H2,21,23,24). The molecule has 6 heteroatoms. The van der Waals surface area contributed by atoms with Gasteiger partial charge in [-0.1, -0.05) is 30.4 Å². The summed E-state index contributed by atoms with van der Waals surface area (Å²) in [6.45, 7) is 10.5. The smallest absolute Gasteiger partial charge is 0.315 e. The van der Waals surface area contributed by atoms with Gasteiger partial charge >= 0.3 is 6.03 Å². The Morgan fingerprint density at radius 1 is 1.36 bits per heavy atom. The lowest BCUT2D eigenvalue weighted by Crippen LogP contribution is -2.46. The van der Waals surface area contributed by atoms with Crippen LogP contribution in [0.15, 0.2) is 36.2 Å². The Hall–Kier alpha value is -2.34. The molecule has 25 heavy (non-hydrogen) atoms. The third kappa shape index (κ3) is 5.32. The summed E-state index contributed by atoms with van der Waals surface area (Å²) in [5, 5.41) is 11.8. The third-order valence-electron chi connectivity index (χ3n) is 3.94. The van der Waals surface area contributed by atoms with Gasteiger partial charge < -0.3 is 16.0 Å². The molecular weight excluding hydrogens is 332 g/mol. The molecule has 0 fully saturated rings. The zero-order chi connectivity index (χ0) is 18.4. The Morgan fingerprint density at radius 3 is 2.76 bits per heavy atom. The number of thiazole rings is 1. The molecule has 1 heterocycles. The van der Waals surface area contributed by atoms with Gasteiger partial charge in [-0.15, -0.1) is 11.3 Å². The molecule has 0 bridgehead atoms. The van der Waals surface area contributed by atoms with E-state index in [0.717, 1.165) is 27.5 Å². The van der Waals surface area contributed by atoms with E-state index in [9.17, 15) is 4.79 Å². The fourth-order valence-corrected chi connectivity index (χ4v) is 3.12. The van der Waals surface area contributed by atoms with Crippen molar-refractivity contribution in [3.8, 4) is 0 Å². The number of hydrogen-bond donors (Lipinski definition) is 3.